The van der Waals surface area contributed by atoms with E-state index in [1.54, 1.807) is 11.1 Å². The highest BCUT2D eigenvalue weighted by Gasteiger charge is 2.28. The van der Waals surface area contributed by atoms with Gasteiger partial charge >= 0.3 is 0 Å². The minimum atomic E-state index is -0.244. The molecule has 2 heterocycles. The second-order valence-corrected chi connectivity index (χ2v) is 6.48. The van der Waals surface area contributed by atoms with Gasteiger partial charge in [0.05, 0.1) is 19.1 Å². The van der Waals surface area contributed by atoms with Gasteiger partial charge in [0, 0.05) is 26.3 Å². The Balaban J connectivity index is 1.65. The van der Waals surface area contributed by atoms with Crippen LogP contribution in [0.1, 0.15) is 43.4 Å². The van der Waals surface area contributed by atoms with Gasteiger partial charge in [-0.15, -0.1) is 0 Å². The molecule has 0 bridgehead atoms. The zero-order chi connectivity index (χ0) is 16.9. The molecule has 0 aliphatic carbocycles. The highest BCUT2D eigenvalue weighted by molar-refractivity contribution is 5.81. The number of fused-ring (bicyclic) bond motifs is 1. The van der Waals surface area contributed by atoms with E-state index in [4.69, 9.17) is 4.74 Å². The molecule has 0 spiro atoms. The van der Waals surface area contributed by atoms with Crippen LogP contribution < -0.4 is 5.32 Å². The van der Waals surface area contributed by atoms with Crippen LogP contribution in [0.15, 0.2) is 30.5 Å². The maximum absolute atomic E-state index is 12.4. The molecule has 0 aromatic heterocycles. The summed E-state index contributed by atoms with van der Waals surface area (Å²) in [5.41, 5.74) is 2.08. The SMILES string of the molecule is CC(=O)N1C=Cc2ccccc2[C@H]1CC(=O)NC[C@@H]1CCCOC1. The van der Waals surface area contributed by atoms with Gasteiger partial charge in [-0.2, -0.15) is 0 Å². The first kappa shape index (κ1) is 16.7. The predicted octanol–water partition coefficient (Wildman–Crippen LogP) is 2.49. The predicted molar refractivity (Wildman–Crippen MR) is 91.9 cm³/mol. The van der Waals surface area contributed by atoms with Crippen molar-refractivity contribution < 1.29 is 14.3 Å². The summed E-state index contributed by atoms with van der Waals surface area (Å²) in [7, 11) is 0. The topological polar surface area (TPSA) is 58.6 Å². The van der Waals surface area contributed by atoms with Gasteiger partial charge in [0.15, 0.2) is 0 Å². The molecule has 1 fully saturated rings. The fraction of sp³-hybridized carbons (Fsp3) is 0.474. The molecule has 1 aromatic rings. The van der Waals surface area contributed by atoms with Gasteiger partial charge < -0.3 is 15.0 Å². The zero-order valence-corrected chi connectivity index (χ0v) is 14.0. The lowest BCUT2D eigenvalue weighted by molar-refractivity contribution is -0.130. The number of nitrogens with zero attached hydrogens (tertiary/aromatic N) is 1. The van der Waals surface area contributed by atoms with Crippen molar-refractivity contribution in [3.05, 3.63) is 41.6 Å². The first-order valence-corrected chi connectivity index (χ1v) is 8.55. The number of benzene rings is 1. The summed E-state index contributed by atoms with van der Waals surface area (Å²) >= 11 is 0. The van der Waals surface area contributed by atoms with Crippen LogP contribution >= 0.6 is 0 Å². The zero-order valence-electron chi connectivity index (χ0n) is 14.0. The van der Waals surface area contributed by atoms with Gasteiger partial charge in [-0.3, -0.25) is 9.59 Å². The van der Waals surface area contributed by atoms with Crippen molar-refractivity contribution in [1.29, 1.82) is 0 Å². The molecule has 2 aliphatic heterocycles. The number of hydrogen-bond acceptors (Lipinski definition) is 3. The van der Waals surface area contributed by atoms with E-state index in [-0.39, 0.29) is 24.3 Å². The first-order chi connectivity index (χ1) is 11.6. The molecule has 2 aliphatic rings. The van der Waals surface area contributed by atoms with Gasteiger partial charge in [-0.05, 0) is 36.0 Å². The maximum atomic E-state index is 12.4. The lowest BCUT2D eigenvalue weighted by Crippen LogP contribution is -2.37. The van der Waals surface area contributed by atoms with Gasteiger partial charge in [-0.1, -0.05) is 24.3 Å². The van der Waals surface area contributed by atoms with Crippen LogP contribution in [0.3, 0.4) is 0 Å². The third-order valence-electron chi connectivity index (χ3n) is 4.69. The van der Waals surface area contributed by atoms with Crippen LogP contribution in [0.25, 0.3) is 6.08 Å². The van der Waals surface area contributed by atoms with E-state index in [1.165, 1.54) is 6.92 Å². The Bertz CT molecular complexity index is 635. The number of carbonyl (C=O) groups excluding carboxylic acids is 2. The van der Waals surface area contributed by atoms with E-state index < -0.39 is 0 Å². The molecular weight excluding hydrogens is 304 g/mol. The third kappa shape index (κ3) is 3.85. The minimum absolute atomic E-state index is 0.0260. The number of nitrogens with one attached hydrogen (secondary N) is 1. The Labute approximate surface area is 142 Å². The fourth-order valence-corrected chi connectivity index (χ4v) is 3.39. The molecule has 24 heavy (non-hydrogen) atoms. The van der Waals surface area contributed by atoms with E-state index in [0.717, 1.165) is 37.2 Å². The largest absolute Gasteiger partial charge is 0.381 e. The third-order valence-corrected chi connectivity index (χ3v) is 4.69. The normalized spacial score (nSPS) is 22.8. The number of hydrogen-bond donors (Lipinski definition) is 1. The van der Waals surface area contributed by atoms with Gasteiger partial charge in [0.1, 0.15) is 0 Å². The van der Waals surface area contributed by atoms with Crippen LogP contribution in [0, 0.1) is 5.92 Å². The van der Waals surface area contributed by atoms with Crippen molar-refractivity contribution in [3.8, 4) is 0 Å². The molecule has 1 N–H and O–H groups in total. The average Bonchev–Trinajstić information content (AvgIpc) is 2.61. The molecule has 5 heteroatoms. The number of amides is 2. The van der Waals surface area contributed by atoms with E-state index in [0.29, 0.717) is 12.5 Å². The quantitative estimate of drug-likeness (QED) is 0.924. The first-order valence-electron chi connectivity index (χ1n) is 8.55. The molecule has 5 nitrogen and oxygen atoms in total. The second kappa shape index (κ2) is 7.62. The summed E-state index contributed by atoms with van der Waals surface area (Å²) < 4.78 is 5.45. The fourth-order valence-electron chi connectivity index (χ4n) is 3.39. The molecule has 1 saturated heterocycles. The Kier molecular flexibility index (Phi) is 5.30. The van der Waals surface area contributed by atoms with Crippen molar-refractivity contribution in [2.24, 2.45) is 5.92 Å². The monoisotopic (exact) mass is 328 g/mol. The molecule has 2 amide bonds. The summed E-state index contributed by atoms with van der Waals surface area (Å²) in [6.45, 7) is 3.71. The lowest BCUT2D eigenvalue weighted by atomic mass is 9.93. The molecule has 1 aromatic carbocycles. The molecule has 128 valence electrons. The lowest BCUT2D eigenvalue weighted by Gasteiger charge is -2.32. The molecule has 0 saturated carbocycles. The van der Waals surface area contributed by atoms with E-state index in [9.17, 15) is 9.59 Å². The van der Waals surface area contributed by atoms with Crippen molar-refractivity contribution in [2.75, 3.05) is 19.8 Å². The van der Waals surface area contributed by atoms with Crippen molar-refractivity contribution in [3.63, 3.8) is 0 Å². The van der Waals surface area contributed by atoms with Crippen LogP contribution in [0.5, 0.6) is 0 Å². The average molecular weight is 328 g/mol. The summed E-state index contributed by atoms with van der Waals surface area (Å²) in [6, 6.07) is 7.66. The van der Waals surface area contributed by atoms with E-state index in [1.807, 2.05) is 30.3 Å². The second-order valence-electron chi connectivity index (χ2n) is 6.48. The van der Waals surface area contributed by atoms with Crippen molar-refractivity contribution in [1.82, 2.24) is 10.2 Å². The summed E-state index contributed by atoms with van der Waals surface area (Å²) in [4.78, 5) is 26.0. The Morgan fingerprint density at radius 3 is 2.92 bits per heavy atom. The van der Waals surface area contributed by atoms with Crippen LogP contribution in [0.2, 0.25) is 0 Å². The molecule has 3 rings (SSSR count). The van der Waals surface area contributed by atoms with Crippen LogP contribution in [0.4, 0.5) is 0 Å². The number of carbonyl (C=O) groups is 2. The van der Waals surface area contributed by atoms with Crippen molar-refractivity contribution >= 4 is 17.9 Å². The van der Waals surface area contributed by atoms with Gasteiger partial charge in [0.25, 0.3) is 0 Å². The summed E-state index contributed by atoms with van der Waals surface area (Å²) in [5.74, 6) is 0.311. The van der Waals surface area contributed by atoms with Crippen LogP contribution in [-0.2, 0) is 14.3 Å². The summed E-state index contributed by atoms with van der Waals surface area (Å²) in [5, 5.41) is 3.01. The van der Waals surface area contributed by atoms with Crippen molar-refractivity contribution in [2.45, 2.75) is 32.2 Å². The maximum Gasteiger partial charge on any atom is 0.223 e. The van der Waals surface area contributed by atoms with Gasteiger partial charge in [0.2, 0.25) is 11.8 Å². The Hall–Kier alpha value is -2.14. The number of rotatable bonds is 4. The molecule has 2 atom stereocenters. The smallest absolute Gasteiger partial charge is 0.223 e. The number of ether oxygens (including phenoxy) is 1. The highest BCUT2D eigenvalue weighted by Crippen LogP contribution is 2.32. The Morgan fingerprint density at radius 1 is 1.33 bits per heavy atom. The Morgan fingerprint density at radius 2 is 2.17 bits per heavy atom. The van der Waals surface area contributed by atoms with E-state index in [2.05, 4.69) is 5.32 Å². The minimum Gasteiger partial charge on any atom is -0.381 e. The molecule has 0 radical (unpaired) electrons. The molecular formula is C19H24N2O3. The molecule has 0 unspecified atom stereocenters. The van der Waals surface area contributed by atoms with Gasteiger partial charge in [-0.25, -0.2) is 0 Å². The van der Waals surface area contributed by atoms with Crippen LogP contribution in [-0.4, -0.2) is 36.5 Å². The highest BCUT2D eigenvalue weighted by atomic mass is 16.5. The standard InChI is InChI=1S/C19H24N2O3/c1-14(22)21-9-8-16-6-2-3-7-17(16)18(21)11-19(23)20-12-15-5-4-10-24-13-15/h2-3,6-9,15,18H,4-5,10-13H2,1H3,(H,20,23)/t15-,18+/m0/s1. The summed E-state index contributed by atoms with van der Waals surface area (Å²) in [6.07, 6.45) is 6.12. The van der Waals surface area contributed by atoms with E-state index >= 15 is 0 Å².